The van der Waals surface area contributed by atoms with Crippen LogP contribution in [0.25, 0.3) is 22.0 Å². The van der Waals surface area contributed by atoms with Gasteiger partial charge in [0.15, 0.2) is 5.82 Å². The van der Waals surface area contributed by atoms with E-state index in [2.05, 4.69) is 40.6 Å². The third kappa shape index (κ3) is 2.88. The average molecular weight is 321 g/mol. The monoisotopic (exact) mass is 321 g/mol. The number of aromatic nitrogens is 2. The molecule has 3 aromatic rings. The number of rotatable bonds is 4. The lowest BCUT2D eigenvalue weighted by Gasteiger charge is -2.28. The lowest BCUT2D eigenvalue weighted by Crippen LogP contribution is -2.28. The van der Waals surface area contributed by atoms with Gasteiger partial charge in [-0.2, -0.15) is 0 Å². The van der Waals surface area contributed by atoms with Gasteiger partial charge in [0.2, 0.25) is 0 Å². The van der Waals surface area contributed by atoms with Gasteiger partial charge in [0.05, 0.1) is 12.5 Å². The first-order valence-electron chi connectivity index (χ1n) is 8.87. The second-order valence-electron chi connectivity index (χ2n) is 6.79. The van der Waals surface area contributed by atoms with Crippen molar-refractivity contribution in [3.8, 4) is 11.3 Å². The van der Waals surface area contributed by atoms with Gasteiger partial charge < -0.3 is 9.73 Å². The van der Waals surface area contributed by atoms with Crippen molar-refractivity contribution >= 4 is 16.6 Å². The van der Waals surface area contributed by atoms with E-state index in [9.17, 15) is 0 Å². The molecule has 0 unspecified atom stereocenters. The van der Waals surface area contributed by atoms with Crippen molar-refractivity contribution in [1.82, 2.24) is 10.2 Å². The maximum Gasteiger partial charge on any atom is 0.156 e. The van der Waals surface area contributed by atoms with Crippen LogP contribution in [0, 0.1) is 5.92 Å². The van der Waals surface area contributed by atoms with E-state index < -0.39 is 0 Å². The van der Waals surface area contributed by atoms with Crippen molar-refractivity contribution in [3.63, 3.8) is 0 Å². The van der Waals surface area contributed by atoms with Crippen LogP contribution < -0.4 is 5.32 Å². The van der Waals surface area contributed by atoms with Gasteiger partial charge in [-0.05, 0) is 31.7 Å². The van der Waals surface area contributed by atoms with E-state index in [1.807, 2.05) is 12.1 Å². The van der Waals surface area contributed by atoms with Gasteiger partial charge in [0.1, 0.15) is 5.69 Å². The van der Waals surface area contributed by atoms with Crippen LogP contribution >= 0.6 is 0 Å². The smallest absolute Gasteiger partial charge is 0.156 e. The van der Waals surface area contributed by atoms with E-state index in [1.165, 1.54) is 32.1 Å². The highest BCUT2D eigenvalue weighted by atomic mass is 16.3. The van der Waals surface area contributed by atoms with E-state index >= 15 is 0 Å². The molecule has 124 valence electrons. The summed E-state index contributed by atoms with van der Waals surface area (Å²) in [4.78, 5) is 0. The molecular formula is C20H23N3O. The number of fused-ring (bicyclic) bond motifs is 1. The van der Waals surface area contributed by atoms with Gasteiger partial charge >= 0.3 is 0 Å². The fourth-order valence-electron chi connectivity index (χ4n) is 3.79. The molecular weight excluding hydrogens is 298 g/mol. The normalized spacial score (nSPS) is 17.0. The van der Waals surface area contributed by atoms with Gasteiger partial charge in [-0.3, -0.25) is 0 Å². The van der Waals surface area contributed by atoms with Crippen molar-refractivity contribution < 1.29 is 4.42 Å². The molecule has 0 saturated heterocycles. The van der Waals surface area contributed by atoms with Gasteiger partial charge in [-0.15, -0.1) is 10.2 Å². The molecule has 1 saturated carbocycles. The predicted octanol–water partition coefficient (Wildman–Crippen LogP) is 5.27. The molecule has 1 aliphatic carbocycles. The van der Waals surface area contributed by atoms with Gasteiger partial charge in [-0.1, -0.05) is 43.5 Å². The summed E-state index contributed by atoms with van der Waals surface area (Å²) < 4.78 is 5.21. The number of furan rings is 1. The van der Waals surface area contributed by atoms with Crippen LogP contribution in [-0.2, 0) is 0 Å². The highest BCUT2D eigenvalue weighted by molar-refractivity contribution is 5.99. The maximum absolute atomic E-state index is 5.21. The molecule has 1 N–H and O–H groups in total. The van der Waals surface area contributed by atoms with E-state index in [-0.39, 0.29) is 0 Å². The minimum Gasteiger partial charge on any atom is -0.472 e. The molecule has 0 bridgehead atoms. The molecule has 4 heteroatoms. The fourth-order valence-corrected chi connectivity index (χ4v) is 3.79. The van der Waals surface area contributed by atoms with Crippen LogP contribution in [-0.4, -0.2) is 16.2 Å². The predicted molar refractivity (Wildman–Crippen MR) is 96.9 cm³/mol. The Bertz CT molecular complexity index is 807. The molecule has 1 fully saturated rings. The van der Waals surface area contributed by atoms with E-state index in [0.29, 0.717) is 6.04 Å². The summed E-state index contributed by atoms with van der Waals surface area (Å²) in [6.45, 7) is 2.27. The summed E-state index contributed by atoms with van der Waals surface area (Å²) in [5.41, 5.74) is 1.83. The van der Waals surface area contributed by atoms with Gasteiger partial charge in [-0.25, -0.2) is 0 Å². The minimum atomic E-state index is 0.419. The Kier molecular flexibility index (Phi) is 4.20. The third-order valence-corrected chi connectivity index (χ3v) is 5.20. The Labute approximate surface area is 142 Å². The molecule has 1 atom stereocenters. The zero-order valence-electron chi connectivity index (χ0n) is 14.0. The number of hydrogen-bond donors (Lipinski definition) is 1. The minimum absolute atomic E-state index is 0.419. The van der Waals surface area contributed by atoms with Crippen molar-refractivity contribution in [1.29, 1.82) is 0 Å². The zero-order valence-corrected chi connectivity index (χ0v) is 14.0. The SMILES string of the molecule is C[C@@H](Nc1nnc(-c2ccoc2)c2ccccc12)C1CCCCC1. The Hall–Kier alpha value is -2.36. The van der Waals surface area contributed by atoms with Crippen LogP contribution in [0.4, 0.5) is 5.82 Å². The number of hydrogen-bond acceptors (Lipinski definition) is 4. The van der Waals surface area contributed by atoms with Crippen molar-refractivity contribution in [2.24, 2.45) is 5.92 Å². The Balaban J connectivity index is 1.68. The fraction of sp³-hybridized carbons (Fsp3) is 0.400. The summed E-state index contributed by atoms with van der Waals surface area (Å²) in [5.74, 6) is 1.61. The molecule has 4 nitrogen and oxygen atoms in total. The first-order valence-corrected chi connectivity index (χ1v) is 8.87. The molecule has 0 spiro atoms. The average Bonchev–Trinajstić information content (AvgIpc) is 3.17. The van der Waals surface area contributed by atoms with E-state index in [4.69, 9.17) is 4.42 Å². The lowest BCUT2D eigenvalue weighted by atomic mass is 9.84. The Morgan fingerprint density at radius 3 is 2.58 bits per heavy atom. The molecule has 1 aliphatic rings. The highest BCUT2D eigenvalue weighted by Crippen LogP contribution is 2.32. The van der Waals surface area contributed by atoms with Crippen LogP contribution in [0.15, 0.2) is 47.3 Å². The number of nitrogens with one attached hydrogen (secondary N) is 1. The van der Waals surface area contributed by atoms with E-state index in [1.54, 1.807) is 12.5 Å². The third-order valence-electron chi connectivity index (χ3n) is 5.20. The first kappa shape index (κ1) is 15.2. The zero-order chi connectivity index (χ0) is 16.4. The van der Waals surface area contributed by atoms with Crippen molar-refractivity contribution in [2.45, 2.75) is 45.1 Å². The largest absolute Gasteiger partial charge is 0.472 e. The van der Waals surface area contributed by atoms with Gasteiger partial charge in [0.25, 0.3) is 0 Å². The molecule has 0 radical (unpaired) electrons. The van der Waals surface area contributed by atoms with Crippen LogP contribution in [0.2, 0.25) is 0 Å². The summed E-state index contributed by atoms with van der Waals surface area (Å²) in [7, 11) is 0. The maximum atomic E-state index is 5.21. The summed E-state index contributed by atoms with van der Waals surface area (Å²) in [6, 6.07) is 10.7. The van der Waals surface area contributed by atoms with Crippen LogP contribution in [0.3, 0.4) is 0 Å². The topological polar surface area (TPSA) is 51.0 Å². The molecule has 1 aromatic carbocycles. The van der Waals surface area contributed by atoms with E-state index in [0.717, 1.165) is 33.8 Å². The summed E-state index contributed by atoms with van der Waals surface area (Å²) in [5, 5.41) is 14.8. The first-order chi connectivity index (χ1) is 11.8. The van der Waals surface area contributed by atoms with Gasteiger partial charge in [0, 0.05) is 22.4 Å². The highest BCUT2D eigenvalue weighted by Gasteiger charge is 2.21. The lowest BCUT2D eigenvalue weighted by molar-refractivity contribution is 0.328. The molecule has 0 aliphatic heterocycles. The van der Waals surface area contributed by atoms with Crippen molar-refractivity contribution in [3.05, 3.63) is 42.9 Å². The molecule has 0 amide bonds. The summed E-state index contributed by atoms with van der Waals surface area (Å²) >= 11 is 0. The standard InChI is InChI=1S/C20H23N3O/c1-14(15-7-3-2-4-8-15)21-20-18-10-6-5-9-17(18)19(22-23-20)16-11-12-24-13-16/h5-6,9-15H,2-4,7-8H2,1H3,(H,21,23)/t14-/m1/s1. The number of nitrogens with zero attached hydrogens (tertiary/aromatic N) is 2. The Morgan fingerprint density at radius 1 is 1.04 bits per heavy atom. The number of benzene rings is 1. The van der Waals surface area contributed by atoms with Crippen LogP contribution in [0.5, 0.6) is 0 Å². The van der Waals surface area contributed by atoms with Crippen molar-refractivity contribution in [2.75, 3.05) is 5.32 Å². The second-order valence-corrected chi connectivity index (χ2v) is 6.79. The molecule has 2 aromatic heterocycles. The quantitative estimate of drug-likeness (QED) is 0.711. The second kappa shape index (κ2) is 6.63. The van der Waals surface area contributed by atoms with Crippen LogP contribution in [0.1, 0.15) is 39.0 Å². The Morgan fingerprint density at radius 2 is 1.83 bits per heavy atom. The summed E-state index contributed by atoms with van der Waals surface area (Å²) in [6.07, 6.45) is 10.1. The molecule has 2 heterocycles. The molecule has 24 heavy (non-hydrogen) atoms. The number of anilines is 1. The molecule has 4 rings (SSSR count).